The summed E-state index contributed by atoms with van der Waals surface area (Å²) in [6.07, 6.45) is -0.580. The fourth-order valence-corrected chi connectivity index (χ4v) is 3.61. The van der Waals surface area contributed by atoms with Crippen LogP contribution in [0.25, 0.3) is 22.2 Å². The van der Waals surface area contributed by atoms with E-state index in [1.54, 1.807) is 0 Å². The average molecular weight is 363 g/mol. The second-order valence-electron chi connectivity index (χ2n) is 6.61. The van der Waals surface area contributed by atoms with E-state index < -0.39 is 35.0 Å². The van der Waals surface area contributed by atoms with Gasteiger partial charge in [-0.2, -0.15) is 0 Å². The molecule has 0 saturated heterocycles. The topological polar surface area (TPSA) is 53.1 Å². The van der Waals surface area contributed by atoms with Crippen LogP contribution in [-0.2, 0) is 4.79 Å². The number of aromatic amines is 1. The molecule has 0 spiro atoms. The smallest absolute Gasteiger partial charge is 0.341 e. The molecule has 2 N–H and O–H groups in total. The predicted molar refractivity (Wildman–Crippen MR) is 87.1 cm³/mol. The number of aliphatic carboxylic acids is 1. The lowest BCUT2D eigenvalue weighted by atomic mass is 9.68. The van der Waals surface area contributed by atoms with Crippen LogP contribution in [0, 0.1) is 17.5 Å². The largest absolute Gasteiger partial charge is 0.479 e. The Labute approximate surface area is 145 Å². The van der Waals surface area contributed by atoms with Crippen molar-refractivity contribution in [1.82, 2.24) is 4.98 Å². The summed E-state index contributed by atoms with van der Waals surface area (Å²) in [5.74, 6) is -4.12. The first kappa shape index (κ1) is 16.6. The van der Waals surface area contributed by atoms with Gasteiger partial charge in [0.05, 0.1) is 11.2 Å². The highest BCUT2D eigenvalue weighted by Crippen LogP contribution is 2.52. The van der Waals surface area contributed by atoms with Crippen LogP contribution in [-0.4, -0.2) is 21.7 Å². The molecule has 1 aliphatic rings. The number of carboxylic acids is 1. The van der Waals surface area contributed by atoms with E-state index in [4.69, 9.17) is 5.11 Å². The first-order valence-electron chi connectivity index (χ1n) is 7.97. The molecule has 1 saturated carbocycles. The number of hydrogen-bond acceptors (Lipinski definition) is 1. The van der Waals surface area contributed by atoms with E-state index in [1.807, 2.05) is 0 Å². The van der Waals surface area contributed by atoms with Gasteiger partial charge in [0.15, 0.2) is 0 Å². The second kappa shape index (κ2) is 5.59. The van der Waals surface area contributed by atoms with Crippen LogP contribution in [0.15, 0.2) is 36.4 Å². The summed E-state index contributed by atoms with van der Waals surface area (Å²) >= 11 is 0. The zero-order chi connectivity index (χ0) is 18.6. The summed E-state index contributed by atoms with van der Waals surface area (Å²) in [6, 6.07) is 7.25. The maximum absolute atomic E-state index is 14.2. The monoisotopic (exact) mass is 363 g/mol. The molecular weight excluding hydrogens is 350 g/mol. The molecule has 0 radical (unpaired) electrons. The number of halogens is 4. The summed E-state index contributed by atoms with van der Waals surface area (Å²) in [4.78, 5) is 13.9. The van der Waals surface area contributed by atoms with Crippen LogP contribution >= 0.6 is 0 Å². The number of hydrogen-bond donors (Lipinski definition) is 2. The number of benzene rings is 2. The van der Waals surface area contributed by atoms with Gasteiger partial charge >= 0.3 is 5.97 Å². The Bertz CT molecular complexity index is 1020. The van der Waals surface area contributed by atoms with Crippen LogP contribution in [0.1, 0.15) is 24.3 Å². The number of aromatic nitrogens is 1. The third-order valence-electron chi connectivity index (χ3n) is 4.93. The summed E-state index contributed by atoms with van der Waals surface area (Å²) in [7, 11) is 0. The predicted octanol–water partition coefficient (Wildman–Crippen LogP) is 4.92. The van der Waals surface area contributed by atoms with Crippen molar-refractivity contribution in [3.05, 3.63) is 59.4 Å². The SMILES string of the molecule is O=C(O)C1(F)CC(c2c(-c3ccc(F)cc3)[nH]c3c(F)cc(F)cc23)C1. The van der Waals surface area contributed by atoms with Gasteiger partial charge in [-0.25, -0.2) is 22.4 Å². The standard InChI is InChI=1S/C19H13F4NO2/c20-11-3-1-9(2-4-11)16-15(10-7-19(23,8-10)18(25)26)13-5-12(21)6-14(22)17(13)24-16/h1-6,10,24H,7-8H2,(H,25,26). The van der Waals surface area contributed by atoms with Crippen LogP contribution in [0.3, 0.4) is 0 Å². The van der Waals surface area contributed by atoms with E-state index in [9.17, 15) is 22.4 Å². The molecule has 134 valence electrons. The number of carboxylic acid groups (broad SMARTS) is 1. The number of rotatable bonds is 3. The number of nitrogens with one attached hydrogen (secondary N) is 1. The lowest BCUT2D eigenvalue weighted by molar-refractivity contribution is -0.158. The molecule has 3 aromatic rings. The second-order valence-corrected chi connectivity index (χ2v) is 6.61. The Morgan fingerprint density at radius 1 is 1.08 bits per heavy atom. The van der Waals surface area contributed by atoms with Crippen molar-refractivity contribution in [3.8, 4) is 11.3 Å². The average Bonchev–Trinajstić information content (AvgIpc) is 2.91. The minimum atomic E-state index is -2.35. The Kier molecular flexibility index (Phi) is 3.57. The summed E-state index contributed by atoms with van der Waals surface area (Å²) < 4.78 is 55.3. The van der Waals surface area contributed by atoms with Crippen molar-refractivity contribution in [2.75, 3.05) is 0 Å². The van der Waals surface area contributed by atoms with Gasteiger partial charge in [0.2, 0.25) is 5.67 Å². The Hall–Kier alpha value is -2.83. The molecule has 0 amide bonds. The molecule has 2 aromatic carbocycles. The van der Waals surface area contributed by atoms with Gasteiger partial charge in [0.1, 0.15) is 17.5 Å². The minimum absolute atomic E-state index is 0.0485. The molecule has 7 heteroatoms. The molecule has 0 unspecified atom stereocenters. The number of fused-ring (bicyclic) bond motifs is 1. The van der Waals surface area contributed by atoms with Crippen molar-refractivity contribution in [2.24, 2.45) is 0 Å². The Morgan fingerprint density at radius 2 is 1.73 bits per heavy atom. The van der Waals surface area contributed by atoms with Crippen molar-refractivity contribution >= 4 is 16.9 Å². The first-order chi connectivity index (χ1) is 12.3. The third kappa shape index (κ3) is 2.46. The Balaban J connectivity index is 1.90. The van der Waals surface area contributed by atoms with Crippen molar-refractivity contribution in [1.29, 1.82) is 0 Å². The lowest BCUT2D eigenvalue weighted by Gasteiger charge is -2.38. The van der Waals surface area contributed by atoms with Gasteiger partial charge in [-0.1, -0.05) is 0 Å². The maximum Gasteiger partial charge on any atom is 0.341 e. The van der Waals surface area contributed by atoms with E-state index in [0.717, 1.165) is 12.1 Å². The highest BCUT2D eigenvalue weighted by atomic mass is 19.1. The van der Waals surface area contributed by atoms with Gasteiger partial charge < -0.3 is 10.1 Å². The molecule has 0 aliphatic heterocycles. The molecule has 1 heterocycles. The summed E-state index contributed by atoms with van der Waals surface area (Å²) in [6.45, 7) is 0. The van der Waals surface area contributed by atoms with Gasteiger partial charge in [0, 0.05) is 11.5 Å². The number of carbonyl (C=O) groups is 1. The Morgan fingerprint density at radius 3 is 2.35 bits per heavy atom. The van der Waals surface area contributed by atoms with Gasteiger partial charge in [-0.15, -0.1) is 0 Å². The zero-order valence-corrected chi connectivity index (χ0v) is 13.3. The molecule has 0 bridgehead atoms. The molecule has 3 nitrogen and oxygen atoms in total. The third-order valence-corrected chi connectivity index (χ3v) is 4.93. The van der Waals surface area contributed by atoms with E-state index in [2.05, 4.69) is 4.98 Å². The molecule has 0 atom stereocenters. The minimum Gasteiger partial charge on any atom is -0.479 e. The lowest BCUT2D eigenvalue weighted by Crippen LogP contribution is -2.45. The normalized spacial score (nSPS) is 22.4. The van der Waals surface area contributed by atoms with Crippen molar-refractivity contribution < 1.29 is 27.5 Å². The number of H-pyrrole nitrogens is 1. The van der Waals surface area contributed by atoms with E-state index >= 15 is 0 Å². The number of alkyl halides is 1. The highest BCUT2D eigenvalue weighted by molar-refractivity contribution is 5.93. The summed E-state index contributed by atoms with van der Waals surface area (Å²) in [5, 5.41) is 9.22. The molecule has 26 heavy (non-hydrogen) atoms. The molecule has 1 aliphatic carbocycles. The molecule has 1 aromatic heterocycles. The van der Waals surface area contributed by atoms with E-state index in [-0.39, 0.29) is 23.7 Å². The fourth-order valence-electron chi connectivity index (χ4n) is 3.61. The van der Waals surface area contributed by atoms with E-state index in [0.29, 0.717) is 16.8 Å². The summed E-state index contributed by atoms with van der Waals surface area (Å²) in [5.41, 5.74) is -0.932. The van der Waals surface area contributed by atoms with Crippen LogP contribution in [0.5, 0.6) is 0 Å². The first-order valence-corrected chi connectivity index (χ1v) is 7.97. The highest BCUT2D eigenvalue weighted by Gasteiger charge is 2.53. The van der Waals surface area contributed by atoms with Crippen LogP contribution in [0.2, 0.25) is 0 Å². The molecular formula is C19H13F4NO2. The zero-order valence-electron chi connectivity index (χ0n) is 13.3. The molecule has 4 rings (SSSR count). The van der Waals surface area contributed by atoms with Gasteiger partial charge in [-0.05, 0) is 60.2 Å². The maximum atomic E-state index is 14.2. The van der Waals surface area contributed by atoms with Crippen molar-refractivity contribution in [2.45, 2.75) is 24.4 Å². The van der Waals surface area contributed by atoms with Crippen LogP contribution in [0.4, 0.5) is 17.6 Å². The van der Waals surface area contributed by atoms with E-state index in [1.165, 1.54) is 24.3 Å². The quantitative estimate of drug-likeness (QED) is 0.649. The fraction of sp³-hybridized carbons (Fsp3) is 0.211. The molecule has 1 fully saturated rings. The van der Waals surface area contributed by atoms with Crippen LogP contribution < -0.4 is 0 Å². The van der Waals surface area contributed by atoms with Gasteiger partial charge in [0.25, 0.3) is 0 Å². The van der Waals surface area contributed by atoms with Gasteiger partial charge in [-0.3, -0.25) is 0 Å². The van der Waals surface area contributed by atoms with Crippen molar-refractivity contribution in [3.63, 3.8) is 0 Å².